The number of aromatic nitrogens is 2. The summed E-state index contributed by atoms with van der Waals surface area (Å²) in [6.07, 6.45) is 4.35. The van der Waals surface area contributed by atoms with Crippen molar-refractivity contribution in [1.29, 1.82) is 0 Å². The van der Waals surface area contributed by atoms with Gasteiger partial charge in [-0.25, -0.2) is 4.98 Å². The molecule has 0 aliphatic carbocycles. The van der Waals surface area contributed by atoms with E-state index in [0.29, 0.717) is 4.32 Å². The summed E-state index contributed by atoms with van der Waals surface area (Å²) in [5.41, 5.74) is 2.49. The van der Waals surface area contributed by atoms with Gasteiger partial charge >= 0.3 is 0 Å². The Balaban J connectivity index is 2.27. The van der Waals surface area contributed by atoms with Gasteiger partial charge in [0.15, 0.2) is 0 Å². The summed E-state index contributed by atoms with van der Waals surface area (Å²) < 4.78 is 2.35. The molecule has 1 heterocycles. The third kappa shape index (κ3) is 2.51. The average Bonchev–Trinajstić information content (AvgIpc) is 2.66. The fraction of sp³-hybridized carbons (Fsp3) is 0.167. The van der Waals surface area contributed by atoms with Gasteiger partial charge in [0.05, 0.1) is 0 Å². The van der Waals surface area contributed by atoms with Crippen LogP contribution in [-0.4, -0.2) is 13.9 Å². The van der Waals surface area contributed by atoms with Gasteiger partial charge in [0, 0.05) is 18.8 Å². The topological polar surface area (TPSA) is 17.8 Å². The molecule has 1 aromatic carbocycles. The summed E-state index contributed by atoms with van der Waals surface area (Å²) in [5.74, 6) is 0.922. The smallest absolute Gasteiger partial charge is 0.142 e. The molecule has 0 bridgehead atoms. The van der Waals surface area contributed by atoms with Gasteiger partial charge in [-0.3, -0.25) is 4.57 Å². The summed E-state index contributed by atoms with van der Waals surface area (Å²) in [5, 5.41) is 0. The molecule has 0 amide bonds. The van der Waals surface area contributed by atoms with Crippen molar-refractivity contribution in [3.63, 3.8) is 0 Å². The van der Waals surface area contributed by atoms with E-state index in [0.717, 1.165) is 12.2 Å². The molecule has 0 saturated carbocycles. The number of thiol groups is 1. The van der Waals surface area contributed by atoms with E-state index in [-0.39, 0.29) is 0 Å². The first-order chi connectivity index (χ1) is 7.66. The zero-order valence-corrected chi connectivity index (χ0v) is 10.6. The summed E-state index contributed by atoms with van der Waals surface area (Å²) in [7, 11) is 0. The van der Waals surface area contributed by atoms with Gasteiger partial charge in [-0.1, -0.05) is 42.0 Å². The lowest BCUT2D eigenvalue weighted by molar-refractivity contribution is 0.967. The molecule has 0 unspecified atom stereocenters. The van der Waals surface area contributed by atoms with Gasteiger partial charge in [-0.05, 0) is 12.5 Å². The van der Waals surface area contributed by atoms with Crippen molar-refractivity contribution < 1.29 is 0 Å². The Hall–Kier alpha value is -1.13. The van der Waals surface area contributed by atoms with E-state index in [1.807, 2.05) is 10.8 Å². The molecule has 0 fully saturated rings. The Morgan fingerprint density at radius 2 is 2.31 bits per heavy atom. The maximum atomic E-state index is 5.03. The quantitative estimate of drug-likeness (QED) is 0.650. The third-order valence-electron chi connectivity index (χ3n) is 2.37. The van der Waals surface area contributed by atoms with Crippen molar-refractivity contribution in [2.75, 3.05) is 0 Å². The number of nitrogens with zero attached hydrogens (tertiary/aromatic N) is 2. The predicted molar refractivity (Wildman–Crippen MR) is 73.2 cm³/mol. The SMILES string of the molecule is Cc1cccc(Cc2nccn2C(=S)S)c1. The molecular formula is C12H12N2S2. The monoisotopic (exact) mass is 248 g/mol. The summed E-state index contributed by atoms with van der Waals surface area (Å²) >= 11 is 9.20. The standard InChI is InChI=1S/C12H12N2S2/c1-9-3-2-4-10(7-9)8-11-13-5-6-14(11)12(15)16/h2-7H,8H2,1H3,(H,15,16). The van der Waals surface area contributed by atoms with Crippen LogP contribution in [0, 0.1) is 6.92 Å². The second-order valence-corrected chi connectivity index (χ2v) is 4.77. The Labute approximate surface area is 106 Å². The van der Waals surface area contributed by atoms with Crippen LogP contribution >= 0.6 is 24.8 Å². The van der Waals surface area contributed by atoms with Crippen molar-refractivity contribution in [2.24, 2.45) is 0 Å². The lowest BCUT2D eigenvalue weighted by Gasteiger charge is -2.05. The maximum Gasteiger partial charge on any atom is 0.142 e. The molecule has 2 rings (SSSR count). The number of imidazole rings is 1. The Bertz CT molecular complexity index is 517. The van der Waals surface area contributed by atoms with Crippen LogP contribution in [0.3, 0.4) is 0 Å². The predicted octanol–water partition coefficient (Wildman–Crippen LogP) is 2.85. The van der Waals surface area contributed by atoms with E-state index in [1.165, 1.54) is 11.1 Å². The van der Waals surface area contributed by atoms with E-state index in [9.17, 15) is 0 Å². The second-order valence-electron chi connectivity index (χ2n) is 3.66. The van der Waals surface area contributed by atoms with E-state index in [2.05, 4.69) is 48.8 Å². The van der Waals surface area contributed by atoms with E-state index in [1.54, 1.807) is 6.20 Å². The minimum absolute atomic E-state index is 0.528. The van der Waals surface area contributed by atoms with Crippen LogP contribution in [0.1, 0.15) is 17.0 Å². The van der Waals surface area contributed by atoms with Crippen molar-refractivity contribution in [2.45, 2.75) is 13.3 Å². The molecule has 0 N–H and O–H groups in total. The Morgan fingerprint density at radius 3 is 3.00 bits per heavy atom. The molecule has 0 radical (unpaired) electrons. The minimum Gasteiger partial charge on any atom is -0.289 e. The highest BCUT2D eigenvalue weighted by Crippen LogP contribution is 2.10. The van der Waals surface area contributed by atoms with Crippen molar-refractivity contribution in [3.8, 4) is 0 Å². The van der Waals surface area contributed by atoms with Gasteiger partial charge in [-0.2, -0.15) is 0 Å². The van der Waals surface area contributed by atoms with Crippen LogP contribution < -0.4 is 0 Å². The van der Waals surface area contributed by atoms with E-state index >= 15 is 0 Å². The van der Waals surface area contributed by atoms with Crippen molar-refractivity contribution in [1.82, 2.24) is 9.55 Å². The van der Waals surface area contributed by atoms with Crippen molar-refractivity contribution >= 4 is 29.2 Å². The van der Waals surface area contributed by atoms with E-state index in [4.69, 9.17) is 12.2 Å². The molecule has 0 spiro atoms. The number of aryl methyl sites for hydroxylation is 1. The summed E-state index contributed by atoms with van der Waals surface area (Å²) in [4.78, 5) is 4.29. The zero-order chi connectivity index (χ0) is 11.5. The van der Waals surface area contributed by atoms with Crippen LogP contribution in [0.5, 0.6) is 0 Å². The number of benzene rings is 1. The molecule has 16 heavy (non-hydrogen) atoms. The van der Waals surface area contributed by atoms with Crippen LogP contribution in [0.2, 0.25) is 0 Å². The fourth-order valence-electron chi connectivity index (χ4n) is 1.64. The molecule has 0 saturated heterocycles. The molecule has 1 aromatic heterocycles. The highest BCUT2D eigenvalue weighted by molar-refractivity contribution is 8.11. The first kappa shape index (κ1) is 11.4. The van der Waals surface area contributed by atoms with Gasteiger partial charge in [0.25, 0.3) is 0 Å². The summed E-state index contributed by atoms with van der Waals surface area (Å²) in [6, 6.07) is 8.38. The van der Waals surface area contributed by atoms with Crippen LogP contribution in [0.4, 0.5) is 0 Å². The first-order valence-electron chi connectivity index (χ1n) is 4.98. The number of hydrogen-bond acceptors (Lipinski definition) is 2. The van der Waals surface area contributed by atoms with E-state index < -0.39 is 0 Å². The molecule has 0 aliphatic rings. The third-order valence-corrected chi connectivity index (χ3v) is 2.78. The lowest BCUT2D eigenvalue weighted by atomic mass is 10.1. The first-order valence-corrected chi connectivity index (χ1v) is 5.83. The van der Waals surface area contributed by atoms with Gasteiger partial charge in [0.1, 0.15) is 10.1 Å². The average molecular weight is 248 g/mol. The molecule has 82 valence electrons. The van der Waals surface area contributed by atoms with Crippen molar-refractivity contribution in [3.05, 3.63) is 53.6 Å². The summed E-state index contributed by atoms with van der Waals surface area (Å²) in [6.45, 7) is 2.08. The minimum atomic E-state index is 0.528. The Kier molecular flexibility index (Phi) is 3.41. The molecule has 0 aliphatic heterocycles. The highest BCUT2D eigenvalue weighted by atomic mass is 32.1. The van der Waals surface area contributed by atoms with Crippen LogP contribution in [0.15, 0.2) is 36.7 Å². The van der Waals surface area contributed by atoms with Gasteiger partial charge in [0.2, 0.25) is 0 Å². The number of hydrogen-bond donors (Lipinski definition) is 1. The Morgan fingerprint density at radius 1 is 1.50 bits per heavy atom. The number of thiocarbonyl (C=S) groups is 1. The molecule has 4 heteroatoms. The van der Waals surface area contributed by atoms with Crippen LogP contribution in [-0.2, 0) is 6.42 Å². The molecule has 2 nitrogen and oxygen atoms in total. The van der Waals surface area contributed by atoms with Gasteiger partial charge < -0.3 is 0 Å². The normalized spacial score (nSPS) is 10.4. The second kappa shape index (κ2) is 4.80. The van der Waals surface area contributed by atoms with Gasteiger partial charge in [-0.15, -0.1) is 12.6 Å². The zero-order valence-electron chi connectivity index (χ0n) is 8.92. The van der Waals surface area contributed by atoms with Crippen LogP contribution in [0.25, 0.3) is 0 Å². The molecule has 2 aromatic rings. The number of rotatable bonds is 2. The lowest BCUT2D eigenvalue weighted by Crippen LogP contribution is -2.06. The molecule has 0 atom stereocenters. The molecular weight excluding hydrogens is 236 g/mol. The largest absolute Gasteiger partial charge is 0.289 e. The fourth-order valence-corrected chi connectivity index (χ4v) is 1.99. The highest BCUT2D eigenvalue weighted by Gasteiger charge is 2.05. The maximum absolute atomic E-state index is 5.03.